The predicted octanol–water partition coefficient (Wildman–Crippen LogP) is 9.21. The summed E-state index contributed by atoms with van der Waals surface area (Å²) in [6, 6.07) is 13.8. The Morgan fingerprint density at radius 2 is 0.889 bits per heavy atom. The lowest BCUT2D eigenvalue weighted by molar-refractivity contribution is -0.459. The molecular formula is C26H12F17NO. The third-order valence-electron chi connectivity index (χ3n) is 7.07. The Kier molecular flexibility index (Phi) is 7.46. The Balaban J connectivity index is 1.67. The number of benzene rings is 4. The Morgan fingerprint density at radius 1 is 0.489 bits per heavy atom. The normalized spacial score (nSPS) is 15.0. The molecule has 0 atom stereocenters. The van der Waals surface area contributed by atoms with Crippen molar-refractivity contribution < 1.29 is 79.4 Å². The minimum atomic E-state index is -8.76. The van der Waals surface area contributed by atoms with Gasteiger partial charge in [-0.15, -0.1) is 0 Å². The van der Waals surface area contributed by atoms with Crippen molar-refractivity contribution in [3.63, 3.8) is 0 Å². The summed E-state index contributed by atoms with van der Waals surface area (Å²) >= 11 is 0. The van der Waals surface area contributed by atoms with E-state index in [1.54, 1.807) is 30.3 Å². The van der Waals surface area contributed by atoms with Crippen molar-refractivity contribution in [3.8, 4) is 0 Å². The molecule has 2 nitrogen and oxygen atoms in total. The van der Waals surface area contributed by atoms with Gasteiger partial charge in [0.25, 0.3) is 5.91 Å². The van der Waals surface area contributed by atoms with E-state index in [0.717, 1.165) is 11.4 Å². The van der Waals surface area contributed by atoms with Crippen LogP contribution in [0.4, 0.5) is 74.6 Å². The average molecular weight is 677 g/mol. The van der Waals surface area contributed by atoms with Crippen molar-refractivity contribution in [2.24, 2.45) is 0 Å². The van der Waals surface area contributed by atoms with Gasteiger partial charge in [-0.2, -0.15) is 74.6 Å². The second-order valence-corrected chi connectivity index (χ2v) is 9.78. The molecule has 0 aliphatic rings. The van der Waals surface area contributed by atoms with E-state index >= 15 is 0 Å². The summed E-state index contributed by atoms with van der Waals surface area (Å²) in [7, 11) is 0. The lowest BCUT2D eigenvalue weighted by atomic mass is 9.88. The van der Waals surface area contributed by atoms with Crippen molar-refractivity contribution in [2.75, 3.05) is 0 Å². The molecule has 1 amide bonds. The van der Waals surface area contributed by atoms with Gasteiger partial charge in [0.05, 0.1) is 0 Å². The van der Waals surface area contributed by atoms with Crippen LogP contribution >= 0.6 is 0 Å². The van der Waals surface area contributed by atoms with Crippen LogP contribution in [0, 0.1) is 0 Å². The molecule has 0 bridgehead atoms. The molecule has 1 N–H and O–H groups in total. The summed E-state index contributed by atoms with van der Waals surface area (Å²) in [5, 5.41) is 4.10. The number of carbonyl (C=O) groups is 1. The molecule has 4 aromatic rings. The van der Waals surface area contributed by atoms with Crippen molar-refractivity contribution in [3.05, 3.63) is 60.2 Å². The fourth-order valence-corrected chi connectivity index (χ4v) is 4.54. The van der Waals surface area contributed by atoms with E-state index in [1.807, 2.05) is 0 Å². The van der Waals surface area contributed by atoms with E-state index in [2.05, 4.69) is 0 Å². The van der Waals surface area contributed by atoms with Crippen LogP contribution in [0.25, 0.3) is 32.3 Å². The summed E-state index contributed by atoms with van der Waals surface area (Å²) in [6.07, 6.45) is -7.84. The number of carbonyl (C=O) groups excluding carboxylic acids is 1. The van der Waals surface area contributed by atoms with E-state index in [1.165, 1.54) is 18.2 Å². The minimum absolute atomic E-state index is 0.161. The first-order valence-corrected chi connectivity index (χ1v) is 11.8. The smallest absolute Gasteiger partial charge is 0.347 e. The zero-order valence-corrected chi connectivity index (χ0v) is 21.2. The van der Waals surface area contributed by atoms with Gasteiger partial charge in [0.1, 0.15) is 0 Å². The highest BCUT2D eigenvalue weighted by Crippen LogP contribution is 2.64. The first kappa shape index (κ1) is 34.1. The highest BCUT2D eigenvalue weighted by molar-refractivity contribution is 6.23. The molecule has 0 aliphatic heterocycles. The molecule has 0 saturated heterocycles. The van der Waals surface area contributed by atoms with Crippen molar-refractivity contribution in [1.29, 1.82) is 0 Å². The second kappa shape index (κ2) is 9.85. The van der Waals surface area contributed by atoms with Gasteiger partial charge in [-0.3, -0.25) is 4.79 Å². The first-order valence-electron chi connectivity index (χ1n) is 11.8. The molecule has 0 aromatic heterocycles. The summed E-state index contributed by atoms with van der Waals surface area (Å²) < 4.78 is 230. The van der Waals surface area contributed by atoms with Crippen LogP contribution < -0.4 is 5.32 Å². The highest BCUT2D eigenvalue weighted by Gasteiger charge is 2.95. The molecule has 4 aromatic carbocycles. The van der Waals surface area contributed by atoms with E-state index in [0.29, 0.717) is 26.9 Å². The summed E-state index contributed by atoms with van der Waals surface area (Å²) in [4.78, 5) is 11.9. The van der Waals surface area contributed by atoms with Gasteiger partial charge in [-0.1, -0.05) is 54.6 Å². The maximum Gasteiger partial charge on any atom is 0.460 e. The standard InChI is InChI=1S/C26H12F17NO/c27-19(28,20(29,30)21(31,32)22(33,34)23(35,36)24(37,38)25(39,40)26(41,42)43)18(45)44-10-14-7-6-13-5-4-11-2-1-3-12-8-9-15(14)17(13)16(11)12/h1-9H,10H2,(H,44,45). The van der Waals surface area contributed by atoms with Gasteiger partial charge in [0.15, 0.2) is 0 Å². The summed E-state index contributed by atoms with van der Waals surface area (Å²) in [5.74, 6) is -61.8. The van der Waals surface area contributed by atoms with E-state index < -0.39 is 60.1 Å². The fourth-order valence-electron chi connectivity index (χ4n) is 4.54. The third kappa shape index (κ3) is 4.42. The highest BCUT2D eigenvalue weighted by atomic mass is 19.4. The van der Waals surface area contributed by atoms with Crippen LogP contribution in [0.2, 0.25) is 0 Å². The van der Waals surface area contributed by atoms with Crippen LogP contribution in [0.5, 0.6) is 0 Å². The van der Waals surface area contributed by atoms with Crippen LogP contribution in [-0.2, 0) is 11.3 Å². The molecule has 19 heteroatoms. The van der Waals surface area contributed by atoms with Gasteiger partial charge in [0, 0.05) is 6.54 Å². The third-order valence-corrected chi connectivity index (χ3v) is 7.07. The Hall–Kier alpha value is -3.80. The predicted molar refractivity (Wildman–Crippen MR) is 123 cm³/mol. The zero-order valence-electron chi connectivity index (χ0n) is 21.2. The van der Waals surface area contributed by atoms with Gasteiger partial charge in [-0.05, 0) is 37.9 Å². The van der Waals surface area contributed by atoms with Crippen LogP contribution in [-0.4, -0.2) is 53.5 Å². The zero-order chi connectivity index (χ0) is 34.4. The molecule has 0 saturated carbocycles. The number of rotatable bonds is 9. The molecule has 0 fully saturated rings. The lowest BCUT2D eigenvalue weighted by Crippen LogP contribution is -2.75. The van der Waals surface area contributed by atoms with Gasteiger partial charge >= 0.3 is 47.6 Å². The molecule has 0 aliphatic carbocycles. The maximum atomic E-state index is 14.3. The van der Waals surface area contributed by atoms with Crippen molar-refractivity contribution in [1.82, 2.24) is 5.32 Å². The Morgan fingerprint density at radius 3 is 1.38 bits per heavy atom. The number of hydrogen-bond donors (Lipinski definition) is 1. The maximum absolute atomic E-state index is 14.3. The molecule has 0 heterocycles. The number of amides is 1. The van der Waals surface area contributed by atoms with E-state index in [-0.39, 0.29) is 10.9 Å². The van der Waals surface area contributed by atoms with Gasteiger partial charge in [0.2, 0.25) is 0 Å². The number of halogens is 17. The van der Waals surface area contributed by atoms with Crippen molar-refractivity contribution in [2.45, 2.75) is 54.2 Å². The Bertz CT molecular complexity index is 1740. The molecular weight excluding hydrogens is 665 g/mol. The van der Waals surface area contributed by atoms with Crippen LogP contribution in [0.1, 0.15) is 5.56 Å². The summed E-state index contributed by atoms with van der Waals surface area (Å²) in [6.45, 7) is -1.23. The topological polar surface area (TPSA) is 29.1 Å². The molecule has 0 unspecified atom stereocenters. The molecule has 4 rings (SSSR count). The molecule has 246 valence electrons. The fraction of sp³-hybridized carbons (Fsp3) is 0.346. The van der Waals surface area contributed by atoms with Crippen LogP contribution in [0.15, 0.2) is 54.6 Å². The van der Waals surface area contributed by atoms with Gasteiger partial charge in [-0.25, -0.2) is 0 Å². The average Bonchev–Trinajstić information content (AvgIpc) is 2.93. The van der Waals surface area contributed by atoms with Gasteiger partial charge < -0.3 is 5.32 Å². The quantitative estimate of drug-likeness (QED) is 0.139. The lowest BCUT2D eigenvalue weighted by Gasteiger charge is -2.42. The number of nitrogens with one attached hydrogen (secondary N) is 1. The Labute approximate surface area is 238 Å². The first-order chi connectivity index (χ1) is 20.2. The molecule has 45 heavy (non-hydrogen) atoms. The largest absolute Gasteiger partial charge is 0.460 e. The number of hydrogen-bond acceptors (Lipinski definition) is 1. The summed E-state index contributed by atoms with van der Waals surface area (Å²) in [5.41, 5.74) is -0.161. The molecule has 0 radical (unpaired) electrons. The SMILES string of the molecule is O=C(NCc1ccc2ccc3cccc4ccc1c2c34)C(F)(F)C(F)(F)C(F)(F)C(F)(F)C(F)(F)C(F)(F)C(F)(F)C(F)(F)F. The monoisotopic (exact) mass is 677 g/mol. The van der Waals surface area contributed by atoms with Crippen LogP contribution in [0.3, 0.4) is 0 Å². The van der Waals surface area contributed by atoms with E-state index in [9.17, 15) is 79.4 Å². The van der Waals surface area contributed by atoms with E-state index in [4.69, 9.17) is 0 Å². The second-order valence-electron chi connectivity index (χ2n) is 9.78. The minimum Gasteiger partial charge on any atom is -0.347 e. The number of alkyl halides is 17. The molecule has 0 spiro atoms. The van der Waals surface area contributed by atoms with Crippen molar-refractivity contribution >= 4 is 38.2 Å².